The zero-order valence-electron chi connectivity index (χ0n) is 6.31. The van der Waals surface area contributed by atoms with Crippen molar-refractivity contribution in [3.8, 4) is 0 Å². The molecule has 1 heterocycles. The lowest BCUT2D eigenvalue weighted by molar-refractivity contribution is -0.0458. The molecular formula is C7H6ClNO4. The number of hydrogen-bond donors (Lipinski definition) is 3. The van der Waals surface area contributed by atoms with E-state index in [9.17, 15) is 4.79 Å². The number of halogens is 1. The summed E-state index contributed by atoms with van der Waals surface area (Å²) in [5, 5.41) is 25.6. The molecule has 70 valence electrons. The first kappa shape index (κ1) is 9.91. The number of hydrogen-bond acceptors (Lipinski definition) is 4. The van der Waals surface area contributed by atoms with Gasteiger partial charge >= 0.3 is 5.97 Å². The molecule has 5 nitrogen and oxygen atoms in total. The Hall–Kier alpha value is -1.17. The summed E-state index contributed by atoms with van der Waals surface area (Å²) in [4.78, 5) is 13.9. The Balaban J connectivity index is 3.13. The summed E-state index contributed by atoms with van der Waals surface area (Å²) in [5.41, 5.74) is -0.263. The highest BCUT2D eigenvalue weighted by Crippen LogP contribution is 2.16. The Morgan fingerprint density at radius 3 is 2.46 bits per heavy atom. The lowest BCUT2D eigenvalue weighted by atomic mass is 10.2. The van der Waals surface area contributed by atoms with Crippen LogP contribution in [0.15, 0.2) is 12.1 Å². The van der Waals surface area contributed by atoms with Crippen LogP contribution in [0.2, 0.25) is 5.15 Å². The van der Waals surface area contributed by atoms with Gasteiger partial charge in [0.05, 0.1) is 11.3 Å². The van der Waals surface area contributed by atoms with Gasteiger partial charge in [0.1, 0.15) is 5.15 Å². The van der Waals surface area contributed by atoms with Crippen LogP contribution in [-0.2, 0) is 0 Å². The maximum absolute atomic E-state index is 10.5. The normalized spacial score (nSPS) is 10.5. The van der Waals surface area contributed by atoms with Crippen molar-refractivity contribution in [2.75, 3.05) is 0 Å². The molecule has 6 heteroatoms. The molecule has 0 aliphatic heterocycles. The van der Waals surface area contributed by atoms with Gasteiger partial charge < -0.3 is 15.3 Å². The van der Waals surface area contributed by atoms with Gasteiger partial charge in [-0.1, -0.05) is 11.6 Å². The number of carboxylic acid groups (broad SMARTS) is 1. The highest BCUT2D eigenvalue weighted by atomic mass is 35.5. The second kappa shape index (κ2) is 3.69. The SMILES string of the molecule is O=C(O)c1ccc(C(O)O)nc1Cl. The molecule has 0 radical (unpaired) electrons. The van der Waals surface area contributed by atoms with Crippen LogP contribution in [0.4, 0.5) is 0 Å². The standard InChI is InChI=1S/C7H6ClNO4/c8-5-3(6(10)11)1-2-4(9-5)7(12)13/h1-2,7,12-13H,(H,10,11). The van der Waals surface area contributed by atoms with E-state index in [0.717, 1.165) is 6.07 Å². The molecule has 0 bridgehead atoms. The Labute approximate surface area is 78.2 Å². The first-order valence-corrected chi connectivity index (χ1v) is 3.66. The lowest BCUT2D eigenvalue weighted by Crippen LogP contribution is -2.04. The first-order valence-electron chi connectivity index (χ1n) is 3.28. The van der Waals surface area contributed by atoms with E-state index >= 15 is 0 Å². The minimum absolute atomic E-state index is 0.0880. The molecule has 1 rings (SSSR count). The molecule has 13 heavy (non-hydrogen) atoms. The van der Waals surface area contributed by atoms with Crippen molar-refractivity contribution in [3.63, 3.8) is 0 Å². The Morgan fingerprint density at radius 2 is 2.08 bits per heavy atom. The van der Waals surface area contributed by atoms with Gasteiger partial charge in [0, 0.05) is 0 Å². The van der Waals surface area contributed by atoms with Crippen LogP contribution >= 0.6 is 11.6 Å². The van der Waals surface area contributed by atoms with Crippen LogP contribution in [0.1, 0.15) is 22.3 Å². The first-order chi connectivity index (χ1) is 6.02. The number of nitrogens with zero attached hydrogens (tertiary/aromatic N) is 1. The number of carbonyl (C=O) groups is 1. The molecule has 3 N–H and O–H groups in total. The van der Waals surface area contributed by atoms with Crippen molar-refractivity contribution in [1.29, 1.82) is 0 Å². The van der Waals surface area contributed by atoms with E-state index in [2.05, 4.69) is 4.98 Å². The van der Waals surface area contributed by atoms with Gasteiger partial charge in [0.2, 0.25) is 0 Å². The molecule has 0 atom stereocenters. The number of aromatic carboxylic acids is 1. The highest BCUT2D eigenvalue weighted by Gasteiger charge is 2.12. The molecule has 0 spiro atoms. The van der Waals surface area contributed by atoms with E-state index in [1.807, 2.05) is 0 Å². The van der Waals surface area contributed by atoms with E-state index < -0.39 is 12.3 Å². The maximum atomic E-state index is 10.5. The van der Waals surface area contributed by atoms with E-state index in [-0.39, 0.29) is 16.4 Å². The van der Waals surface area contributed by atoms with Crippen molar-refractivity contribution >= 4 is 17.6 Å². The maximum Gasteiger partial charge on any atom is 0.338 e. The molecule has 0 saturated carbocycles. The van der Waals surface area contributed by atoms with Crippen LogP contribution in [0.5, 0.6) is 0 Å². The smallest absolute Gasteiger partial charge is 0.338 e. The summed E-state index contributed by atoms with van der Waals surface area (Å²) in [7, 11) is 0. The Morgan fingerprint density at radius 1 is 1.46 bits per heavy atom. The number of aliphatic hydroxyl groups is 2. The minimum Gasteiger partial charge on any atom is -0.478 e. The minimum atomic E-state index is -1.75. The fourth-order valence-corrected chi connectivity index (χ4v) is 0.993. The fourth-order valence-electron chi connectivity index (χ4n) is 0.752. The van der Waals surface area contributed by atoms with Crippen molar-refractivity contribution in [3.05, 3.63) is 28.5 Å². The predicted octanol–water partition coefficient (Wildman–Crippen LogP) is 0.416. The average molecular weight is 204 g/mol. The van der Waals surface area contributed by atoms with Crippen LogP contribution in [-0.4, -0.2) is 26.3 Å². The largest absolute Gasteiger partial charge is 0.478 e. The number of rotatable bonds is 2. The third-order valence-electron chi connectivity index (χ3n) is 1.37. The third-order valence-corrected chi connectivity index (χ3v) is 1.65. The summed E-state index contributed by atoms with van der Waals surface area (Å²) in [6.07, 6.45) is -1.75. The van der Waals surface area contributed by atoms with E-state index in [1.165, 1.54) is 6.07 Å². The van der Waals surface area contributed by atoms with Crippen molar-refractivity contribution < 1.29 is 20.1 Å². The lowest BCUT2D eigenvalue weighted by Gasteiger charge is -2.03. The van der Waals surface area contributed by atoms with Gasteiger partial charge in [-0.05, 0) is 12.1 Å². The monoisotopic (exact) mass is 203 g/mol. The van der Waals surface area contributed by atoms with Gasteiger partial charge in [-0.25, -0.2) is 9.78 Å². The Kier molecular flexibility index (Phi) is 2.82. The summed E-state index contributed by atoms with van der Waals surface area (Å²) in [5.74, 6) is -1.21. The number of aliphatic hydroxyl groups excluding tert-OH is 1. The third kappa shape index (κ3) is 2.15. The number of carboxylic acids is 1. The summed E-state index contributed by atoms with van der Waals surface area (Å²) >= 11 is 5.45. The zero-order chi connectivity index (χ0) is 10.0. The van der Waals surface area contributed by atoms with Crippen molar-refractivity contribution in [1.82, 2.24) is 4.98 Å². The fraction of sp³-hybridized carbons (Fsp3) is 0.143. The van der Waals surface area contributed by atoms with Crippen LogP contribution in [0.3, 0.4) is 0 Å². The van der Waals surface area contributed by atoms with Gasteiger partial charge in [-0.2, -0.15) is 0 Å². The predicted molar refractivity (Wildman–Crippen MR) is 43.4 cm³/mol. The van der Waals surface area contributed by atoms with Crippen LogP contribution < -0.4 is 0 Å². The molecule has 1 aromatic rings. The van der Waals surface area contributed by atoms with Crippen molar-refractivity contribution in [2.45, 2.75) is 6.29 Å². The van der Waals surface area contributed by atoms with Gasteiger partial charge in [0.25, 0.3) is 0 Å². The summed E-state index contributed by atoms with van der Waals surface area (Å²) < 4.78 is 0. The molecule has 1 aromatic heterocycles. The molecule has 0 unspecified atom stereocenters. The highest BCUT2D eigenvalue weighted by molar-refractivity contribution is 6.32. The summed E-state index contributed by atoms with van der Waals surface area (Å²) in [6.45, 7) is 0. The van der Waals surface area contributed by atoms with Crippen LogP contribution in [0, 0.1) is 0 Å². The van der Waals surface area contributed by atoms with Crippen LogP contribution in [0.25, 0.3) is 0 Å². The number of aromatic nitrogens is 1. The molecular weight excluding hydrogens is 198 g/mol. The number of pyridine rings is 1. The summed E-state index contributed by atoms with van der Waals surface area (Å²) in [6, 6.07) is 2.34. The second-order valence-electron chi connectivity index (χ2n) is 2.25. The van der Waals surface area contributed by atoms with E-state index in [4.69, 9.17) is 26.9 Å². The molecule has 0 aromatic carbocycles. The van der Waals surface area contributed by atoms with E-state index in [1.54, 1.807) is 0 Å². The van der Waals surface area contributed by atoms with Gasteiger partial charge in [-0.3, -0.25) is 0 Å². The molecule has 0 saturated heterocycles. The van der Waals surface area contributed by atoms with Gasteiger partial charge in [-0.15, -0.1) is 0 Å². The zero-order valence-corrected chi connectivity index (χ0v) is 7.06. The second-order valence-corrected chi connectivity index (χ2v) is 2.61. The molecule has 0 aliphatic carbocycles. The molecule has 0 aliphatic rings. The quantitative estimate of drug-likeness (QED) is 0.479. The molecule has 0 amide bonds. The average Bonchev–Trinajstić information content (AvgIpc) is 2.03. The Bertz CT molecular complexity index is 339. The van der Waals surface area contributed by atoms with Crippen molar-refractivity contribution in [2.24, 2.45) is 0 Å². The molecule has 0 fully saturated rings. The van der Waals surface area contributed by atoms with Gasteiger partial charge in [0.15, 0.2) is 6.29 Å². The topological polar surface area (TPSA) is 90.7 Å². The van der Waals surface area contributed by atoms with E-state index in [0.29, 0.717) is 0 Å².